The number of anilines is 3. The zero-order valence-electron chi connectivity index (χ0n) is 53.0. The molecule has 8 aliphatic rings. The van der Waals surface area contributed by atoms with Crippen molar-refractivity contribution in [2.24, 2.45) is 29.6 Å². The van der Waals surface area contributed by atoms with Gasteiger partial charge in [0.15, 0.2) is 0 Å². The third-order valence-electron chi connectivity index (χ3n) is 21.9. The summed E-state index contributed by atoms with van der Waals surface area (Å²) >= 11 is 0. The summed E-state index contributed by atoms with van der Waals surface area (Å²) < 4.78 is 6.32. The summed E-state index contributed by atoms with van der Waals surface area (Å²) in [6.07, 6.45) is 56.7. The number of ether oxygens (including phenoxy) is 1. The molecule has 0 bridgehead atoms. The van der Waals surface area contributed by atoms with E-state index in [0.717, 1.165) is 75.7 Å². The minimum Gasteiger partial charge on any atom is -0.493 e. The fraction of sp³-hybridized carbons (Fsp3) is 0.326. The number of hydrogen-bond acceptors (Lipinski definition) is 3. The van der Waals surface area contributed by atoms with Crippen molar-refractivity contribution in [3.8, 4) is 28.0 Å². The Morgan fingerprint density at radius 3 is 2.18 bits per heavy atom. The molecule has 6 aromatic rings. The Hall–Kier alpha value is -8.14. The molecule has 450 valence electrons. The van der Waals surface area contributed by atoms with Crippen molar-refractivity contribution in [3.05, 3.63) is 294 Å². The Kier molecular flexibility index (Phi) is 16.9. The van der Waals surface area contributed by atoms with E-state index in [1.54, 1.807) is 11.3 Å². The van der Waals surface area contributed by atoms with Crippen LogP contribution >= 0.6 is 0 Å². The van der Waals surface area contributed by atoms with Crippen LogP contribution in [-0.2, 0) is 5.41 Å². The summed E-state index contributed by atoms with van der Waals surface area (Å²) in [5.41, 5.74) is 23.1. The maximum Gasteiger partial charge on any atom is 0.119 e. The highest BCUT2D eigenvalue weighted by atomic mass is 16.5. The number of fused-ring (bicyclic) bond motifs is 6. The Bertz CT molecular complexity index is 3890. The molecular formula is C86H90N2O. The first-order chi connectivity index (χ1) is 43.7. The molecule has 1 heterocycles. The molecule has 1 aliphatic heterocycles. The summed E-state index contributed by atoms with van der Waals surface area (Å²) in [6, 6.07) is 49.5. The van der Waals surface area contributed by atoms with Crippen LogP contribution in [0.25, 0.3) is 28.3 Å². The topological polar surface area (TPSA) is 15.7 Å². The van der Waals surface area contributed by atoms with Gasteiger partial charge in [0.2, 0.25) is 0 Å². The van der Waals surface area contributed by atoms with Gasteiger partial charge >= 0.3 is 0 Å². The molecule has 0 aromatic heterocycles. The molecule has 14 rings (SSSR count). The zero-order chi connectivity index (χ0) is 60.4. The lowest BCUT2D eigenvalue weighted by atomic mass is 9.58. The predicted octanol–water partition coefficient (Wildman–Crippen LogP) is 22.7. The number of benzene rings is 6. The molecule has 10 unspecified atom stereocenters. The van der Waals surface area contributed by atoms with Gasteiger partial charge in [-0.2, -0.15) is 0 Å². The molecule has 10 atom stereocenters. The lowest BCUT2D eigenvalue weighted by Crippen LogP contribution is -2.40. The smallest absolute Gasteiger partial charge is 0.119 e. The van der Waals surface area contributed by atoms with Crippen molar-refractivity contribution in [3.63, 3.8) is 0 Å². The third-order valence-corrected chi connectivity index (χ3v) is 21.9. The Morgan fingerprint density at radius 1 is 0.674 bits per heavy atom. The lowest BCUT2D eigenvalue weighted by molar-refractivity contribution is 0.171. The largest absolute Gasteiger partial charge is 0.493 e. The number of nitrogens with zero attached hydrogens (tertiary/aromatic N) is 2. The molecule has 3 heteroatoms. The average Bonchev–Trinajstić information content (AvgIpc) is 1.61. The lowest BCUT2D eigenvalue weighted by Gasteiger charge is -2.45. The second-order valence-electron chi connectivity index (χ2n) is 27.3. The van der Waals surface area contributed by atoms with Gasteiger partial charge in [-0.25, -0.2) is 0 Å². The molecule has 0 saturated heterocycles. The third kappa shape index (κ3) is 11.5. The van der Waals surface area contributed by atoms with Gasteiger partial charge in [0.05, 0.1) is 6.61 Å². The van der Waals surface area contributed by atoms with Crippen molar-refractivity contribution in [2.75, 3.05) is 16.4 Å². The maximum absolute atomic E-state index is 6.32. The van der Waals surface area contributed by atoms with Gasteiger partial charge in [0.1, 0.15) is 5.75 Å². The molecule has 0 saturated carbocycles. The number of unbranched alkanes of at least 4 members (excludes halogenated alkanes) is 1. The number of aryl methyl sites for hydroxylation is 2. The van der Waals surface area contributed by atoms with Crippen LogP contribution in [0.4, 0.5) is 17.1 Å². The Labute approximate surface area is 532 Å². The normalized spacial score (nSPS) is 25.7. The van der Waals surface area contributed by atoms with E-state index in [4.69, 9.17) is 4.74 Å². The van der Waals surface area contributed by atoms with Crippen molar-refractivity contribution >= 4 is 23.1 Å². The van der Waals surface area contributed by atoms with Gasteiger partial charge in [0.25, 0.3) is 0 Å². The van der Waals surface area contributed by atoms with E-state index in [1.165, 1.54) is 111 Å². The van der Waals surface area contributed by atoms with Crippen molar-refractivity contribution in [1.82, 2.24) is 0 Å². The van der Waals surface area contributed by atoms with Gasteiger partial charge < -0.3 is 14.5 Å². The van der Waals surface area contributed by atoms with Gasteiger partial charge in [-0.3, -0.25) is 0 Å². The average molecular weight is 1170 g/mol. The van der Waals surface area contributed by atoms with E-state index in [0.29, 0.717) is 53.4 Å². The molecule has 7 aliphatic carbocycles. The zero-order valence-corrected chi connectivity index (χ0v) is 53.0. The van der Waals surface area contributed by atoms with Gasteiger partial charge in [-0.1, -0.05) is 202 Å². The summed E-state index contributed by atoms with van der Waals surface area (Å²) in [5.74, 6) is 4.52. The Balaban J connectivity index is 0.770. The molecule has 0 radical (unpaired) electrons. The first-order valence-electron chi connectivity index (χ1n) is 34.0. The monoisotopic (exact) mass is 1170 g/mol. The maximum atomic E-state index is 6.32. The van der Waals surface area contributed by atoms with Crippen LogP contribution in [0.2, 0.25) is 0 Å². The van der Waals surface area contributed by atoms with Crippen LogP contribution in [0.5, 0.6) is 5.75 Å². The fourth-order valence-electron chi connectivity index (χ4n) is 17.2. The quantitative estimate of drug-likeness (QED) is 0.0594. The molecule has 0 amide bonds. The molecule has 0 N–H and O–H groups in total. The van der Waals surface area contributed by atoms with E-state index in [1.807, 2.05) is 6.08 Å². The number of rotatable bonds is 19. The van der Waals surface area contributed by atoms with Gasteiger partial charge in [0, 0.05) is 57.7 Å². The van der Waals surface area contributed by atoms with Crippen LogP contribution in [-0.4, -0.2) is 12.6 Å². The second-order valence-corrected chi connectivity index (χ2v) is 27.3. The minimum absolute atomic E-state index is 0.0211. The minimum atomic E-state index is 0.0211. The highest BCUT2D eigenvalue weighted by Gasteiger charge is 2.54. The second kappa shape index (κ2) is 25.8. The molecule has 6 aromatic carbocycles. The van der Waals surface area contributed by atoms with Crippen molar-refractivity contribution in [1.29, 1.82) is 0 Å². The molecular weight excluding hydrogens is 1080 g/mol. The summed E-state index contributed by atoms with van der Waals surface area (Å²) in [6.45, 7) is 15.8. The van der Waals surface area contributed by atoms with E-state index < -0.39 is 0 Å². The summed E-state index contributed by atoms with van der Waals surface area (Å²) in [7, 11) is 0. The van der Waals surface area contributed by atoms with Gasteiger partial charge in [-0.15, -0.1) is 6.58 Å². The van der Waals surface area contributed by atoms with Gasteiger partial charge in [-0.05, 0) is 242 Å². The molecule has 3 nitrogen and oxygen atoms in total. The highest BCUT2D eigenvalue weighted by Crippen LogP contribution is 2.62. The standard InChI is InChI=1S/C86H90N2O/c1-6-62-30-34-66(35-31-62)68-40-50-84-80(55-68)81-56-69(41-51-85(81)88(84)71-26-15-10-16-27-71)79-54-60(4)78(53-61(79)5)67-38-44-73(45-39-67)87(72-42-36-65(37-43-72)64-22-11-8-12-23-64)74-46-49-77-76-28-17-18-29-82(76)86(83(77)57-74,70-24-13-9-14-25-70)52-20-19-21-59(3)58-89-75-47-32-63(7-2)33-48-75/h6-13,15,17-18,22-23,28-30,32-36,38-39,41-51,53-54,56-57,59,62,65,68,70-71,76,80,82H,1-2,14,16,19-21,24-27,31,37,40,52,55,58H2,3-5H3. The van der Waals surface area contributed by atoms with E-state index in [-0.39, 0.29) is 5.41 Å². The van der Waals surface area contributed by atoms with Crippen LogP contribution in [0, 0.1) is 43.4 Å². The van der Waals surface area contributed by atoms with E-state index >= 15 is 0 Å². The van der Waals surface area contributed by atoms with E-state index in [9.17, 15) is 0 Å². The first kappa shape index (κ1) is 58.5. The van der Waals surface area contributed by atoms with Crippen LogP contribution in [0.1, 0.15) is 154 Å². The van der Waals surface area contributed by atoms with Crippen LogP contribution in [0.3, 0.4) is 0 Å². The van der Waals surface area contributed by atoms with Crippen molar-refractivity contribution < 1.29 is 4.74 Å². The van der Waals surface area contributed by atoms with Crippen LogP contribution < -0.4 is 14.5 Å². The summed E-state index contributed by atoms with van der Waals surface area (Å²) in [4.78, 5) is 5.34. The Morgan fingerprint density at radius 2 is 1.45 bits per heavy atom. The molecule has 0 fully saturated rings. The molecule has 89 heavy (non-hydrogen) atoms. The van der Waals surface area contributed by atoms with E-state index in [2.05, 4.69) is 268 Å². The fourth-order valence-corrected chi connectivity index (χ4v) is 17.2. The van der Waals surface area contributed by atoms with Crippen molar-refractivity contribution in [2.45, 2.75) is 140 Å². The molecule has 0 spiro atoms. The predicted molar refractivity (Wildman–Crippen MR) is 377 cm³/mol. The first-order valence-corrected chi connectivity index (χ1v) is 34.0. The number of allylic oxidation sites excluding steroid dienone is 17. The SMILES string of the molecule is C=Cc1ccc(OCC(C)CCCCC2(C3CC=CCC3)c3cc(N(C4=CCC(c5ccccc5)C=C4)c4ccc(-c5cc(C)c(-c6ccc7c(c6)C6CC(C8=CCC(C=C)C=C8)CC=C6N7C6CC=CCC6)cc5C)cc4)ccc3C3C=CC=CC32)cc1. The summed E-state index contributed by atoms with van der Waals surface area (Å²) in [5, 5.41) is 0. The van der Waals surface area contributed by atoms with Crippen LogP contribution in [0.15, 0.2) is 255 Å². The number of hydrogen-bond donors (Lipinski definition) is 0. The highest BCUT2D eigenvalue weighted by molar-refractivity contribution is 5.82.